The highest BCUT2D eigenvalue weighted by Gasteiger charge is 2.26. The van der Waals surface area contributed by atoms with Crippen molar-refractivity contribution >= 4 is 11.7 Å². The van der Waals surface area contributed by atoms with Crippen LogP contribution in [0.25, 0.3) is 0 Å². The number of phenols is 1. The van der Waals surface area contributed by atoms with Crippen molar-refractivity contribution in [2.75, 3.05) is 7.05 Å². The zero-order chi connectivity index (χ0) is 13.1. The zero-order valence-electron chi connectivity index (χ0n) is 10.4. The molecule has 1 aliphatic rings. The number of Topliss-reactive ketones (excluding diaryl/α,β-unsaturated/α-hetero) is 1. The second-order valence-corrected chi connectivity index (χ2v) is 4.70. The molecule has 1 aromatic rings. The molecule has 0 bridgehead atoms. The van der Waals surface area contributed by atoms with E-state index >= 15 is 0 Å². The number of benzene rings is 1. The number of amides is 1. The van der Waals surface area contributed by atoms with Crippen LogP contribution in [0, 0.1) is 0 Å². The summed E-state index contributed by atoms with van der Waals surface area (Å²) < 4.78 is 0. The predicted molar refractivity (Wildman–Crippen MR) is 67.5 cm³/mol. The molecule has 4 nitrogen and oxygen atoms in total. The molecule has 1 aliphatic carbocycles. The molecule has 0 heterocycles. The van der Waals surface area contributed by atoms with Crippen LogP contribution in [0.3, 0.4) is 0 Å². The Morgan fingerprint density at radius 1 is 1.28 bits per heavy atom. The first-order valence-electron chi connectivity index (χ1n) is 6.16. The standard InChI is InChI=1S/C14H17NO3/c1-15(10-6-8-11(16)9-7-10)14(18)12-4-2-3-5-13(12)17/h2-5,10,17H,6-9H2,1H3. The second kappa shape index (κ2) is 5.21. The van der Waals surface area contributed by atoms with Crippen molar-refractivity contribution in [3.8, 4) is 5.75 Å². The molecule has 0 spiro atoms. The summed E-state index contributed by atoms with van der Waals surface area (Å²) in [6.07, 6.45) is 2.52. The van der Waals surface area contributed by atoms with Gasteiger partial charge in [0.05, 0.1) is 5.56 Å². The molecule has 0 saturated heterocycles. The Morgan fingerprint density at radius 3 is 2.50 bits per heavy atom. The van der Waals surface area contributed by atoms with Crippen LogP contribution in [-0.2, 0) is 4.79 Å². The number of para-hydroxylation sites is 1. The maximum Gasteiger partial charge on any atom is 0.257 e. The van der Waals surface area contributed by atoms with E-state index in [-0.39, 0.29) is 23.5 Å². The highest BCUT2D eigenvalue weighted by molar-refractivity contribution is 5.97. The van der Waals surface area contributed by atoms with E-state index in [4.69, 9.17) is 0 Å². The van der Waals surface area contributed by atoms with Gasteiger partial charge in [-0.15, -0.1) is 0 Å². The molecule has 96 valence electrons. The molecule has 0 aromatic heterocycles. The largest absolute Gasteiger partial charge is 0.507 e. The van der Waals surface area contributed by atoms with Crippen LogP contribution in [0.4, 0.5) is 0 Å². The minimum Gasteiger partial charge on any atom is -0.507 e. The van der Waals surface area contributed by atoms with Crippen LogP contribution < -0.4 is 0 Å². The second-order valence-electron chi connectivity index (χ2n) is 4.70. The maximum absolute atomic E-state index is 12.2. The SMILES string of the molecule is CN(C(=O)c1ccccc1O)C1CCC(=O)CC1. The van der Waals surface area contributed by atoms with Gasteiger partial charge in [-0.05, 0) is 25.0 Å². The molecule has 0 atom stereocenters. The molecule has 2 rings (SSSR count). The van der Waals surface area contributed by atoms with Crippen LogP contribution in [0.1, 0.15) is 36.0 Å². The summed E-state index contributed by atoms with van der Waals surface area (Å²) in [5.74, 6) is 0.0864. The van der Waals surface area contributed by atoms with Crippen LogP contribution in [0.15, 0.2) is 24.3 Å². The lowest BCUT2D eigenvalue weighted by molar-refractivity contribution is -0.121. The monoisotopic (exact) mass is 247 g/mol. The summed E-state index contributed by atoms with van der Waals surface area (Å²) in [7, 11) is 1.73. The van der Waals surface area contributed by atoms with Crippen molar-refractivity contribution in [2.24, 2.45) is 0 Å². The van der Waals surface area contributed by atoms with Crippen LogP contribution >= 0.6 is 0 Å². The zero-order valence-corrected chi connectivity index (χ0v) is 10.4. The molecule has 18 heavy (non-hydrogen) atoms. The first kappa shape index (κ1) is 12.6. The summed E-state index contributed by atoms with van der Waals surface area (Å²) in [6, 6.07) is 6.62. The Balaban J connectivity index is 2.09. The van der Waals surface area contributed by atoms with Gasteiger partial charge in [0.1, 0.15) is 11.5 Å². The Labute approximate surface area is 106 Å². The lowest BCUT2D eigenvalue weighted by Gasteiger charge is -2.30. The minimum atomic E-state index is -0.188. The van der Waals surface area contributed by atoms with E-state index in [2.05, 4.69) is 0 Å². The third kappa shape index (κ3) is 2.53. The normalized spacial score (nSPS) is 16.6. The number of carbonyl (C=O) groups excluding carboxylic acids is 2. The summed E-state index contributed by atoms with van der Waals surface area (Å²) in [5, 5.41) is 9.67. The quantitative estimate of drug-likeness (QED) is 0.869. The van der Waals surface area contributed by atoms with E-state index in [1.54, 1.807) is 30.1 Å². The Morgan fingerprint density at radius 2 is 1.89 bits per heavy atom. The number of hydrogen-bond acceptors (Lipinski definition) is 3. The molecule has 1 N–H and O–H groups in total. The van der Waals surface area contributed by atoms with E-state index < -0.39 is 0 Å². The van der Waals surface area contributed by atoms with E-state index in [0.717, 1.165) is 0 Å². The number of ketones is 1. The summed E-state index contributed by atoms with van der Waals surface area (Å²) in [6.45, 7) is 0. The first-order chi connectivity index (χ1) is 8.59. The Bertz CT molecular complexity index is 460. The fourth-order valence-electron chi connectivity index (χ4n) is 2.32. The van der Waals surface area contributed by atoms with Crippen molar-refractivity contribution in [1.82, 2.24) is 4.90 Å². The predicted octanol–water partition coefficient (Wildman–Crippen LogP) is 1.98. The van der Waals surface area contributed by atoms with Crippen molar-refractivity contribution in [1.29, 1.82) is 0 Å². The van der Waals surface area contributed by atoms with Gasteiger partial charge in [-0.1, -0.05) is 12.1 Å². The van der Waals surface area contributed by atoms with Gasteiger partial charge in [-0.25, -0.2) is 0 Å². The van der Waals surface area contributed by atoms with Gasteiger partial charge in [0.2, 0.25) is 0 Å². The topological polar surface area (TPSA) is 57.6 Å². The third-order valence-electron chi connectivity index (χ3n) is 3.52. The van der Waals surface area contributed by atoms with Gasteiger partial charge in [-0.2, -0.15) is 0 Å². The maximum atomic E-state index is 12.2. The van der Waals surface area contributed by atoms with E-state index in [1.807, 2.05) is 0 Å². The minimum absolute atomic E-state index is 0.00114. The molecule has 1 fully saturated rings. The lowest BCUT2D eigenvalue weighted by Crippen LogP contribution is -2.39. The van der Waals surface area contributed by atoms with Gasteiger partial charge in [0, 0.05) is 25.9 Å². The average molecular weight is 247 g/mol. The Hall–Kier alpha value is -1.84. The van der Waals surface area contributed by atoms with Gasteiger partial charge in [0.25, 0.3) is 5.91 Å². The molecule has 1 amide bonds. The van der Waals surface area contributed by atoms with Crippen molar-refractivity contribution < 1.29 is 14.7 Å². The van der Waals surface area contributed by atoms with Crippen molar-refractivity contribution in [2.45, 2.75) is 31.7 Å². The lowest BCUT2D eigenvalue weighted by atomic mass is 9.93. The van der Waals surface area contributed by atoms with Gasteiger partial charge >= 0.3 is 0 Å². The molecule has 0 radical (unpaired) electrons. The third-order valence-corrected chi connectivity index (χ3v) is 3.52. The molecule has 1 saturated carbocycles. The summed E-state index contributed by atoms with van der Waals surface area (Å²) >= 11 is 0. The molecular formula is C14H17NO3. The molecule has 0 aliphatic heterocycles. The summed E-state index contributed by atoms with van der Waals surface area (Å²) in [4.78, 5) is 25.0. The highest BCUT2D eigenvalue weighted by atomic mass is 16.3. The number of hydrogen-bond donors (Lipinski definition) is 1. The number of phenolic OH excluding ortho intramolecular Hbond substituents is 1. The Kier molecular flexibility index (Phi) is 3.65. The van der Waals surface area contributed by atoms with Gasteiger partial charge in [0.15, 0.2) is 0 Å². The summed E-state index contributed by atoms with van der Waals surface area (Å²) in [5.41, 5.74) is 0.317. The van der Waals surface area contributed by atoms with Crippen molar-refractivity contribution in [3.63, 3.8) is 0 Å². The molecular weight excluding hydrogens is 230 g/mol. The average Bonchev–Trinajstić information content (AvgIpc) is 2.38. The van der Waals surface area contributed by atoms with Crippen LogP contribution in [0.2, 0.25) is 0 Å². The fraction of sp³-hybridized carbons (Fsp3) is 0.429. The highest BCUT2D eigenvalue weighted by Crippen LogP contribution is 2.23. The van der Waals surface area contributed by atoms with Gasteiger partial charge in [-0.3, -0.25) is 9.59 Å². The van der Waals surface area contributed by atoms with Gasteiger partial charge < -0.3 is 10.0 Å². The number of nitrogens with zero attached hydrogens (tertiary/aromatic N) is 1. The smallest absolute Gasteiger partial charge is 0.257 e. The van der Waals surface area contributed by atoms with E-state index in [0.29, 0.717) is 31.2 Å². The number of carbonyl (C=O) groups is 2. The van der Waals surface area contributed by atoms with E-state index in [1.165, 1.54) is 6.07 Å². The molecule has 4 heteroatoms. The van der Waals surface area contributed by atoms with E-state index in [9.17, 15) is 14.7 Å². The molecule has 1 aromatic carbocycles. The fourth-order valence-corrected chi connectivity index (χ4v) is 2.32. The van der Waals surface area contributed by atoms with Crippen LogP contribution in [0.5, 0.6) is 5.75 Å². The number of aromatic hydroxyl groups is 1. The molecule has 0 unspecified atom stereocenters. The number of rotatable bonds is 2. The first-order valence-corrected chi connectivity index (χ1v) is 6.16. The van der Waals surface area contributed by atoms with Crippen LogP contribution in [-0.4, -0.2) is 34.8 Å². The van der Waals surface area contributed by atoms with Crippen molar-refractivity contribution in [3.05, 3.63) is 29.8 Å².